The highest BCUT2D eigenvalue weighted by molar-refractivity contribution is 7.08. The molecule has 6 nitrogen and oxygen atoms in total. The van der Waals surface area contributed by atoms with Gasteiger partial charge >= 0.3 is 0 Å². The molecule has 0 radical (unpaired) electrons. The predicted octanol–water partition coefficient (Wildman–Crippen LogP) is 2.28. The first kappa shape index (κ1) is 18.7. The number of carbonyl (C=O) groups is 2. The van der Waals surface area contributed by atoms with Gasteiger partial charge in [-0.3, -0.25) is 14.5 Å². The summed E-state index contributed by atoms with van der Waals surface area (Å²) in [6, 6.07) is 12.0. The van der Waals surface area contributed by atoms with Gasteiger partial charge in [0.25, 0.3) is 5.91 Å². The lowest BCUT2D eigenvalue weighted by Gasteiger charge is -2.34. The van der Waals surface area contributed by atoms with E-state index in [9.17, 15) is 9.59 Å². The summed E-state index contributed by atoms with van der Waals surface area (Å²) >= 11 is 1.52. The Morgan fingerprint density at radius 2 is 1.86 bits per heavy atom. The Balaban J connectivity index is 1.21. The second kappa shape index (κ2) is 8.58. The van der Waals surface area contributed by atoms with Crippen LogP contribution in [0, 0.1) is 0 Å². The number of nitrogens with one attached hydrogen (secondary N) is 1. The molecule has 3 heterocycles. The van der Waals surface area contributed by atoms with E-state index in [1.807, 2.05) is 56.8 Å². The minimum atomic E-state index is -0.0194. The number of hydrogen-bond acceptors (Lipinski definition) is 4. The zero-order valence-corrected chi connectivity index (χ0v) is 16.5. The first-order valence-corrected chi connectivity index (χ1v) is 10.5. The summed E-state index contributed by atoms with van der Waals surface area (Å²) in [5.74, 6) is 0.140. The Hall–Kier alpha value is -2.64. The highest BCUT2D eigenvalue weighted by Crippen LogP contribution is 2.15. The monoisotopic (exact) mass is 396 g/mol. The second-order valence-electron chi connectivity index (χ2n) is 6.99. The number of piperazine rings is 1. The molecule has 1 fully saturated rings. The van der Waals surface area contributed by atoms with E-state index in [1.54, 1.807) is 0 Å². The van der Waals surface area contributed by atoms with E-state index in [-0.39, 0.29) is 11.8 Å². The molecule has 0 saturated carbocycles. The number of rotatable bonds is 6. The first-order valence-electron chi connectivity index (χ1n) is 9.55. The second-order valence-corrected chi connectivity index (χ2v) is 7.77. The zero-order chi connectivity index (χ0) is 19.3. The molecule has 0 aliphatic carbocycles. The maximum Gasteiger partial charge on any atom is 0.252 e. The molecule has 1 N–H and O–H groups in total. The van der Waals surface area contributed by atoms with Crippen molar-refractivity contribution in [3.05, 3.63) is 58.9 Å². The van der Waals surface area contributed by atoms with Gasteiger partial charge in [0.15, 0.2) is 0 Å². The predicted molar refractivity (Wildman–Crippen MR) is 112 cm³/mol. The van der Waals surface area contributed by atoms with Crippen LogP contribution in [0.1, 0.15) is 10.4 Å². The quantitative estimate of drug-likeness (QED) is 0.696. The highest BCUT2D eigenvalue weighted by atomic mass is 32.1. The molecule has 3 aromatic rings. The molecule has 1 aliphatic heterocycles. The summed E-state index contributed by atoms with van der Waals surface area (Å²) in [5, 5.41) is 7.87. The summed E-state index contributed by atoms with van der Waals surface area (Å²) in [5.41, 5.74) is 1.81. The van der Waals surface area contributed by atoms with Crippen molar-refractivity contribution in [2.24, 2.45) is 0 Å². The van der Waals surface area contributed by atoms with E-state index in [4.69, 9.17) is 0 Å². The lowest BCUT2D eigenvalue weighted by Crippen LogP contribution is -2.50. The van der Waals surface area contributed by atoms with Gasteiger partial charge in [-0.1, -0.05) is 18.2 Å². The van der Waals surface area contributed by atoms with E-state index >= 15 is 0 Å². The van der Waals surface area contributed by atoms with Gasteiger partial charge in [0, 0.05) is 61.9 Å². The fourth-order valence-electron chi connectivity index (χ4n) is 3.57. The molecule has 1 aromatic carbocycles. The Labute approximate surface area is 168 Å². The van der Waals surface area contributed by atoms with E-state index in [0.29, 0.717) is 13.1 Å². The number of para-hydroxylation sites is 1. The van der Waals surface area contributed by atoms with Gasteiger partial charge in [-0.05, 0) is 29.0 Å². The molecule has 2 amide bonds. The Kier molecular flexibility index (Phi) is 5.73. The van der Waals surface area contributed by atoms with Crippen molar-refractivity contribution in [3.63, 3.8) is 0 Å². The van der Waals surface area contributed by atoms with Crippen LogP contribution >= 0.6 is 11.3 Å². The first-order chi connectivity index (χ1) is 13.7. The van der Waals surface area contributed by atoms with Crippen molar-refractivity contribution in [1.82, 2.24) is 19.7 Å². The minimum absolute atomic E-state index is 0.0194. The smallest absolute Gasteiger partial charge is 0.252 e. The molecular weight excluding hydrogens is 372 g/mol. The summed E-state index contributed by atoms with van der Waals surface area (Å²) < 4.78 is 2.02. The van der Waals surface area contributed by atoms with Crippen molar-refractivity contribution in [2.45, 2.75) is 6.54 Å². The van der Waals surface area contributed by atoms with Crippen LogP contribution in [-0.2, 0) is 11.3 Å². The van der Waals surface area contributed by atoms with E-state index < -0.39 is 0 Å². The van der Waals surface area contributed by atoms with Crippen LogP contribution in [0.15, 0.2) is 53.4 Å². The number of benzene rings is 1. The van der Waals surface area contributed by atoms with Gasteiger partial charge in [-0.15, -0.1) is 0 Å². The molecule has 4 rings (SSSR count). The number of hydrogen-bond donors (Lipinski definition) is 1. The average Bonchev–Trinajstić information content (AvgIpc) is 3.39. The fourth-order valence-corrected chi connectivity index (χ4v) is 4.20. The Morgan fingerprint density at radius 1 is 1.04 bits per heavy atom. The molecule has 28 heavy (non-hydrogen) atoms. The van der Waals surface area contributed by atoms with Crippen LogP contribution in [-0.4, -0.2) is 65.4 Å². The lowest BCUT2D eigenvalue weighted by atomic mass is 10.2. The third-order valence-electron chi connectivity index (χ3n) is 5.21. The molecule has 146 valence electrons. The summed E-state index contributed by atoms with van der Waals surface area (Å²) in [4.78, 5) is 28.9. The molecular formula is C21H24N4O2S. The number of thiophene rings is 1. The molecule has 1 saturated heterocycles. The van der Waals surface area contributed by atoms with Gasteiger partial charge in [-0.2, -0.15) is 11.3 Å². The largest absolute Gasteiger partial charge is 0.351 e. The van der Waals surface area contributed by atoms with Crippen molar-refractivity contribution >= 4 is 34.1 Å². The average molecular weight is 397 g/mol. The third-order valence-corrected chi connectivity index (χ3v) is 5.89. The van der Waals surface area contributed by atoms with Crippen molar-refractivity contribution in [1.29, 1.82) is 0 Å². The molecule has 2 aromatic heterocycles. The lowest BCUT2D eigenvalue weighted by molar-refractivity contribution is -0.133. The molecule has 1 aliphatic rings. The molecule has 7 heteroatoms. The number of nitrogens with zero attached hydrogens (tertiary/aromatic N) is 3. The van der Waals surface area contributed by atoms with Crippen molar-refractivity contribution in [2.75, 3.05) is 39.3 Å². The molecule has 0 unspecified atom stereocenters. The molecule has 0 spiro atoms. The van der Waals surface area contributed by atoms with Crippen molar-refractivity contribution in [3.8, 4) is 0 Å². The van der Waals surface area contributed by atoms with Crippen LogP contribution in [0.4, 0.5) is 0 Å². The fraction of sp³-hybridized carbons (Fsp3) is 0.333. The normalized spacial score (nSPS) is 15.1. The van der Waals surface area contributed by atoms with E-state index in [1.165, 1.54) is 11.3 Å². The molecule has 0 bridgehead atoms. The van der Waals surface area contributed by atoms with Gasteiger partial charge < -0.3 is 14.8 Å². The van der Waals surface area contributed by atoms with Gasteiger partial charge in [0.2, 0.25) is 5.91 Å². The third kappa shape index (κ3) is 4.26. The van der Waals surface area contributed by atoms with Gasteiger partial charge in [0.05, 0.1) is 0 Å². The number of amides is 2. The SMILES string of the molecule is O=C(NCCN1CCN(C(=O)Cn2ccc3ccccc32)CC1)c1ccsc1. The van der Waals surface area contributed by atoms with Gasteiger partial charge in [-0.25, -0.2) is 0 Å². The van der Waals surface area contributed by atoms with Crippen LogP contribution in [0.2, 0.25) is 0 Å². The molecule has 0 atom stereocenters. The highest BCUT2D eigenvalue weighted by Gasteiger charge is 2.21. The Bertz CT molecular complexity index is 942. The maximum atomic E-state index is 12.7. The topological polar surface area (TPSA) is 57.6 Å². The van der Waals surface area contributed by atoms with E-state index in [0.717, 1.165) is 49.2 Å². The zero-order valence-electron chi connectivity index (χ0n) is 15.7. The van der Waals surface area contributed by atoms with Crippen LogP contribution < -0.4 is 5.32 Å². The van der Waals surface area contributed by atoms with Crippen molar-refractivity contribution < 1.29 is 9.59 Å². The Morgan fingerprint density at radius 3 is 2.64 bits per heavy atom. The summed E-state index contributed by atoms with van der Waals surface area (Å²) in [7, 11) is 0. The summed E-state index contributed by atoms with van der Waals surface area (Å²) in [6.45, 7) is 4.95. The van der Waals surface area contributed by atoms with Gasteiger partial charge in [0.1, 0.15) is 6.54 Å². The van der Waals surface area contributed by atoms with E-state index in [2.05, 4.69) is 16.3 Å². The van der Waals surface area contributed by atoms with Crippen LogP contribution in [0.3, 0.4) is 0 Å². The maximum absolute atomic E-state index is 12.7. The number of aromatic nitrogens is 1. The van der Waals surface area contributed by atoms with Crippen LogP contribution in [0.5, 0.6) is 0 Å². The standard InChI is InChI=1S/C21H24N4O2S/c26-20(15-25-8-5-17-3-1-2-4-19(17)25)24-12-10-23(11-13-24)9-7-22-21(27)18-6-14-28-16-18/h1-6,8,14,16H,7,9-13,15H2,(H,22,27). The minimum Gasteiger partial charge on any atom is -0.351 e. The number of fused-ring (bicyclic) bond motifs is 1. The van der Waals surface area contributed by atoms with Crippen LogP contribution in [0.25, 0.3) is 10.9 Å². The summed E-state index contributed by atoms with van der Waals surface area (Å²) in [6.07, 6.45) is 1.98. The number of carbonyl (C=O) groups excluding carboxylic acids is 2.